The minimum absolute atomic E-state index is 0.0995. The van der Waals surface area contributed by atoms with Crippen molar-refractivity contribution < 1.29 is 9.59 Å². The van der Waals surface area contributed by atoms with Crippen LogP contribution in [0.15, 0.2) is 24.3 Å². The van der Waals surface area contributed by atoms with E-state index < -0.39 is 0 Å². The van der Waals surface area contributed by atoms with E-state index in [9.17, 15) is 9.59 Å². The van der Waals surface area contributed by atoms with Crippen molar-refractivity contribution >= 4 is 11.8 Å². The highest BCUT2D eigenvalue weighted by Crippen LogP contribution is 2.24. The lowest BCUT2D eigenvalue weighted by Crippen LogP contribution is -2.41. The van der Waals surface area contributed by atoms with Gasteiger partial charge in [0.15, 0.2) is 5.69 Å². The number of nitrogens with one attached hydrogen (secondary N) is 2. The first kappa shape index (κ1) is 15.8. The number of rotatable bonds is 3. The summed E-state index contributed by atoms with van der Waals surface area (Å²) in [4.78, 5) is 28.7. The molecule has 0 atom stereocenters. The second kappa shape index (κ2) is 6.33. The summed E-state index contributed by atoms with van der Waals surface area (Å²) in [6.45, 7) is 3.12. The van der Waals surface area contributed by atoms with Crippen molar-refractivity contribution in [3.63, 3.8) is 0 Å². The van der Waals surface area contributed by atoms with Gasteiger partial charge >= 0.3 is 0 Å². The van der Waals surface area contributed by atoms with E-state index in [1.807, 2.05) is 17.0 Å². The number of benzene rings is 1. The van der Waals surface area contributed by atoms with E-state index in [1.165, 1.54) is 11.1 Å². The van der Waals surface area contributed by atoms with Crippen LogP contribution < -0.4 is 5.32 Å². The Morgan fingerprint density at radius 3 is 2.60 bits per heavy atom. The third-order valence-electron chi connectivity index (χ3n) is 4.99. The number of carbonyl (C=O) groups is 2. The van der Waals surface area contributed by atoms with Crippen molar-refractivity contribution in [1.82, 2.24) is 25.3 Å². The van der Waals surface area contributed by atoms with Gasteiger partial charge in [0.05, 0.1) is 6.54 Å². The molecule has 0 saturated carbocycles. The Morgan fingerprint density at radius 2 is 1.92 bits per heavy atom. The lowest BCUT2D eigenvalue weighted by Gasteiger charge is -2.28. The van der Waals surface area contributed by atoms with Gasteiger partial charge in [0.25, 0.3) is 5.91 Å². The van der Waals surface area contributed by atoms with E-state index in [0.29, 0.717) is 31.7 Å². The molecule has 7 nitrogen and oxygen atoms in total. The monoisotopic (exact) mass is 339 g/mol. The van der Waals surface area contributed by atoms with Gasteiger partial charge in [-0.25, -0.2) is 0 Å². The molecule has 0 saturated heterocycles. The van der Waals surface area contributed by atoms with E-state index in [0.717, 1.165) is 24.3 Å². The minimum atomic E-state index is -0.221. The number of amides is 2. The molecule has 2 N–H and O–H groups in total. The lowest BCUT2D eigenvalue weighted by atomic mass is 10.0. The number of hydrogen-bond acceptors (Lipinski definition) is 4. The standard InChI is InChI=1S/C18H21N5O2/c1-19-18(25)17-14-10-23(7-6-15(14)20-21-17)16(24)11-22-8-12-4-2-3-5-13(12)9-22/h2-5H,6-11H2,1H3,(H,19,25)(H,20,21). The molecule has 4 rings (SSSR count). The fraction of sp³-hybridized carbons (Fsp3) is 0.389. The maximum Gasteiger partial charge on any atom is 0.271 e. The van der Waals surface area contributed by atoms with Gasteiger partial charge in [0.1, 0.15) is 0 Å². The number of aromatic nitrogens is 2. The molecule has 2 aliphatic rings. The summed E-state index contributed by atoms with van der Waals surface area (Å²) in [5.41, 5.74) is 4.78. The molecule has 1 aromatic heterocycles. The van der Waals surface area contributed by atoms with Crippen LogP contribution in [-0.4, -0.2) is 51.9 Å². The van der Waals surface area contributed by atoms with Crippen LogP contribution in [0.25, 0.3) is 0 Å². The Bertz CT molecular complexity index is 804. The van der Waals surface area contributed by atoms with Crippen molar-refractivity contribution in [2.24, 2.45) is 0 Å². The van der Waals surface area contributed by atoms with Crippen LogP contribution in [0.2, 0.25) is 0 Å². The molecular formula is C18H21N5O2. The van der Waals surface area contributed by atoms with Gasteiger partial charge in [0, 0.05) is 50.9 Å². The highest BCUT2D eigenvalue weighted by molar-refractivity contribution is 5.94. The van der Waals surface area contributed by atoms with Gasteiger partial charge < -0.3 is 10.2 Å². The van der Waals surface area contributed by atoms with Crippen molar-refractivity contribution in [1.29, 1.82) is 0 Å². The summed E-state index contributed by atoms with van der Waals surface area (Å²) < 4.78 is 0. The highest BCUT2D eigenvalue weighted by Gasteiger charge is 2.29. The smallest absolute Gasteiger partial charge is 0.271 e. The maximum absolute atomic E-state index is 12.7. The Kier molecular flexibility index (Phi) is 4.01. The molecule has 0 bridgehead atoms. The summed E-state index contributed by atoms with van der Waals surface area (Å²) in [6.07, 6.45) is 0.700. The number of carbonyl (C=O) groups excluding carboxylic acids is 2. The van der Waals surface area contributed by atoms with Gasteiger partial charge in [-0.1, -0.05) is 24.3 Å². The Hall–Kier alpha value is -2.67. The average molecular weight is 339 g/mol. The van der Waals surface area contributed by atoms with Crippen molar-refractivity contribution in [2.75, 3.05) is 20.1 Å². The SMILES string of the molecule is CNC(=O)c1n[nH]c2c1CN(C(=O)CN1Cc3ccccc3C1)CC2. The van der Waals surface area contributed by atoms with Gasteiger partial charge in [-0.3, -0.25) is 19.6 Å². The van der Waals surface area contributed by atoms with E-state index in [-0.39, 0.29) is 11.8 Å². The summed E-state index contributed by atoms with van der Waals surface area (Å²) in [6, 6.07) is 8.31. The first-order valence-corrected chi connectivity index (χ1v) is 8.51. The van der Waals surface area contributed by atoms with Gasteiger partial charge in [-0.15, -0.1) is 0 Å². The lowest BCUT2D eigenvalue weighted by molar-refractivity contribution is -0.133. The largest absolute Gasteiger partial charge is 0.354 e. The molecule has 130 valence electrons. The molecule has 0 unspecified atom stereocenters. The molecule has 7 heteroatoms. The fourth-order valence-electron chi connectivity index (χ4n) is 3.62. The summed E-state index contributed by atoms with van der Waals surface area (Å²) >= 11 is 0. The number of nitrogens with zero attached hydrogens (tertiary/aromatic N) is 3. The average Bonchev–Trinajstić information content (AvgIpc) is 3.23. The van der Waals surface area contributed by atoms with Crippen LogP contribution in [0.4, 0.5) is 0 Å². The summed E-state index contributed by atoms with van der Waals surface area (Å²) in [5.74, 6) is -0.121. The third kappa shape index (κ3) is 2.91. The summed E-state index contributed by atoms with van der Waals surface area (Å²) in [7, 11) is 1.58. The van der Waals surface area contributed by atoms with Crippen LogP contribution in [0.3, 0.4) is 0 Å². The van der Waals surface area contributed by atoms with E-state index in [1.54, 1.807) is 7.05 Å². The van der Waals surface area contributed by atoms with E-state index in [4.69, 9.17) is 0 Å². The van der Waals surface area contributed by atoms with Gasteiger partial charge in [-0.2, -0.15) is 5.10 Å². The number of hydrogen-bond donors (Lipinski definition) is 2. The molecule has 2 aromatic rings. The van der Waals surface area contributed by atoms with Crippen LogP contribution >= 0.6 is 0 Å². The summed E-state index contributed by atoms with van der Waals surface area (Å²) in [5, 5.41) is 9.63. The molecule has 1 aromatic carbocycles. The van der Waals surface area contributed by atoms with Crippen LogP contribution in [0, 0.1) is 0 Å². The molecule has 2 aliphatic heterocycles. The fourth-order valence-corrected chi connectivity index (χ4v) is 3.62. The molecule has 2 amide bonds. The van der Waals surface area contributed by atoms with E-state index >= 15 is 0 Å². The van der Waals surface area contributed by atoms with Crippen molar-refractivity contribution in [3.05, 3.63) is 52.3 Å². The van der Waals surface area contributed by atoms with Gasteiger partial charge in [0.2, 0.25) is 5.91 Å². The zero-order valence-corrected chi connectivity index (χ0v) is 14.2. The first-order valence-electron chi connectivity index (χ1n) is 8.51. The first-order chi connectivity index (χ1) is 12.2. The second-order valence-corrected chi connectivity index (χ2v) is 6.59. The second-order valence-electron chi connectivity index (χ2n) is 6.59. The van der Waals surface area contributed by atoms with E-state index in [2.05, 4.69) is 32.5 Å². The van der Waals surface area contributed by atoms with Crippen molar-refractivity contribution in [3.8, 4) is 0 Å². The zero-order valence-electron chi connectivity index (χ0n) is 14.2. The molecule has 0 spiro atoms. The molecule has 0 radical (unpaired) electrons. The Morgan fingerprint density at radius 1 is 1.20 bits per heavy atom. The molecular weight excluding hydrogens is 318 g/mol. The van der Waals surface area contributed by atoms with Gasteiger partial charge in [-0.05, 0) is 11.1 Å². The van der Waals surface area contributed by atoms with Crippen molar-refractivity contribution in [2.45, 2.75) is 26.1 Å². The third-order valence-corrected chi connectivity index (χ3v) is 4.99. The molecule has 25 heavy (non-hydrogen) atoms. The number of aromatic amines is 1. The maximum atomic E-state index is 12.7. The zero-order chi connectivity index (χ0) is 17.4. The Balaban J connectivity index is 1.43. The molecule has 0 fully saturated rings. The predicted octanol–water partition coefficient (Wildman–Crippen LogP) is 0.670. The molecule has 3 heterocycles. The number of H-pyrrole nitrogens is 1. The number of fused-ring (bicyclic) bond motifs is 2. The normalized spacial score (nSPS) is 16.4. The van der Waals surface area contributed by atoms with Crippen LogP contribution in [0.1, 0.15) is 32.9 Å². The quantitative estimate of drug-likeness (QED) is 0.861. The minimum Gasteiger partial charge on any atom is -0.354 e. The van der Waals surface area contributed by atoms with Crippen LogP contribution in [-0.2, 0) is 30.8 Å². The van der Waals surface area contributed by atoms with Crippen LogP contribution in [0.5, 0.6) is 0 Å². The predicted molar refractivity (Wildman–Crippen MR) is 91.7 cm³/mol. The Labute approximate surface area is 146 Å². The highest BCUT2D eigenvalue weighted by atomic mass is 16.2. The topological polar surface area (TPSA) is 81.3 Å². The molecule has 0 aliphatic carbocycles.